The van der Waals surface area contributed by atoms with Gasteiger partial charge in [-0.3, -0.25) is 4.79 Å². The summed E-state index contributed by atoms with van der Waals surface area (Å²) in [6.07, 6.45) is 3.32. The van der Waals surface area contributed by atoms with Crippen molar-refractivity contribution in [2.75, 3.05) is 40.2 Å². The van der Waals surface area contributed by atoms with E-state index in [1.807, 2.05) is 18.2 Å². The molecule has 40 heavy (non-hydrogen) atoms. The van der Waals surface area contributed by atoms with Gasteiger partial charge < -0.3 is 29.5 Å². The number of rotatable bonds is 7. The van der Waals surface area contributed by atoms with Gasteiger partial charge in [0.2, 0.25) is 5.60 Å². The molecule has 2 aromatic carbocycles. The number of likely N-dealkylation sites (tertiary alicyclic amines) is 1. The minimum absolute atomic E-state index is 0.254. The van der Waals surface area contributed by atoms with Crippen molar-refractivity contribution in [2.24, 2.45) is 0 Å². The number of aromatic nitrogens is 4. The number of anilines is 1. The first-order valence-electron chi connectivity index (χ1n) is 12.5. The molecule has 1 aliphatic rings. The minimum atomic E-state index is -1.70. The van der Waals surface area contributed by atoms with Gasteiger partial charge in [0.25, 0.3) is 5.91 Å². The zero-order valence-electron chi connectivity index (χ0n) is 22.6. The van der Waals surface area contributed by atoms with Crippen LogP contribution in [0.1, 0.15) is 17.5 Å². The van der Waals surface area contributed by atoms with E-state index in [2.05, 4.69) is 32.1 Å². The molecule has 2 aromatic heterocycles. The number of likely N-dealkylation sites (N-methyl/N-ethyl adjacent to an activating group) is 1. The maximum absolute atomic E-state index is 12.3. The molecular weight excluding hydrogens is 512 g/mol. The molecule has 0 aliphatic carbocycles. The van der Waals surface area contributed by atoms with Gasteiger partial charge in [0.05, 0.1) is 33.1 Å². The predicted molar refractivity (Wildman–Crippen MR) is 148 cm³/mol. The predicted octanol–water partition coefficient (Wildman–Crippen LogP) is 2.67. The Hall–Kier alpha value is -4.95. The number of methoxy groups -OCH3 is 3. The van der Waals surface area contributed by atoms with Gasteiger partial charge in [-0.05, 0) is 30.3 Å². The van der Waals surface area contributed by atoms with Crippen molar-refractivity contribution in [1.29, 1.82) is 0 Å². The van der Waals surface area contributed by atoms with E-state index in [0.29, 0.717) is 64.1 Å². The monoisotopic (exact) mass is 540 g/mol. The molecule has 0 saturated carbocycles. The summed E-state index contributed by atoms with van der Waals surface area (Å²) in [4.78, 5) is 31.8. The van der Waals surface area contributed by atoms with Gasteiger partial charge in [-0.25, -0.2) is 19.9 Å². The van der Waals surface area contributed by atoms with Gasteiger partial charge >= 0.3 is 0 Å². The second-order valence-electron chi connectivity index (χ2n) is 9.18. The maximum atomic E-state index is 12.3. The Bertz CT molecular complexity index is 1650. The molecule has 1 unspecified atom stereocenters. The van der Waals surface area contributed by atoms with Gasteiger partial charge in [-0.1, -0.05) is 11.8 Å². The standard InChI is InChI=1S/C29H28N6O5/c1-35-12-11-29(37,28(35)36)10-9-18-5-8-23(39-3)21(13-18)26-31-16-22-25(34-26)27(33-17-32-22)30-15-19-6-7-20(38-2)14-24(19)40-4/h5-8,13-14,16-17,37H,11-12,15H2,1-4H3,(H,30,32,33). The molecule has 0 radical (unpaired) electrons. The Morgan fingerprint density at radius 2 is 1.88 bits per heavy atom. The van der Waals surface area contributed by atoms with Crippen LogP contribution in [0.4, 0.5) is 5.82 Å². The third kappa shape index (κ3) is 5.17. The van der Waals surface area contributed by atoms with Gasteiger partial charge in [-0.2, -0.15) is 0 Å². The summed E-state index contributed by atoms with van der Waals surface area (Å²) in [6, 6.07) is 10.9. The Labute approximate surface area is 231 Å². The largest absolute Gasteiger partial charge is 0.497 e. The van der Waals surface area contributed by atoms with Crippen LogP contribution >= 0.6 is 0 Å². The van der Waals surface area contributed by atoms with E-state index in [4.69, 9.17) is 19.2 Å². The van der Waals surface area contributed by atoms with Crippen LogP contribution in [0.2, 0.25) is 0 Å². The van der Waals surface area contributed by atoms with Crippen LogP contribution in [-0.4, -0.2) is 76.4 Å². The molecule has 11 nitrogen and oxygen atoms in total. The molecular formula is C29H28N6O5. The van der Waals surface area contributed by atoms with Crippen molar-refractivity contribution in [3.8, 4) is 40.5 Å². The van der Waals surface area contributed by atoms with Crippen LogP contribution in [0.15, 0.2) is 48.9 Å². The lowest BCUT2D eigenvalue weighted by molar-refractivity contribution is -0.137. The summed E-state index contributed by atoms with van der Waals surface area (Å²) in [5.74, 6) is 8.08. The number of amides is 1. The summed E-state index contributed by atoms with van der Waals surface area (Å²) in [6.45, 7) is 0.871. The van der Waals surface area contributed by atoms with Crippen molar-refractivity contribution in [1.82, 2.24) is 24.8 Å². The van der Waals surface area contributed by atoms with E-state index in [9.17, 15) is 9.90 Å². The lowest BCUT2D eigenvalue weighted by Crippen LogP contribution is -2.37. The zero-order chi connectivity index (χ0) is 28.3. The van der Waals surface area contributed by atoms with Crippen molar-refractivity contribution in [2.45, 2.75) is 18.6 Å². The normalized spacial score (nSPS) is 16.4. The molecule has 4 aromatic rings. The average Bonchev–Trinajstić information content (AvgIpc) is 3.25. The molecule has 1 atom stereocenters. The van der Waals surface area contributed by atoms with Gasteiger partial charge in [0, 0.05) is 43.8 Å². The van der Waals surface area contributed by atoms with E-state index < -0.39 is 11.5 Å². The Morgan fingerprint density at radius 3 is 2.60 bits per heavy atom. The van der Waals surface area contributed by atoms with E-state index in [-0.39, 0.29) is 6.42 Å². The number of carbonyl (C=O) groups excluding carboxylic acids is 1. The number of nitrogens with one attached hydrogen (secondary N) is 1. The highest BCUT2D eigenvalue weighted by Crippen LogP contribution is 2.31. The topological polar surface area (TPSA) is 132 Å². The molecule has 0 spiro atoms. The molecule has 1 fully saturated rings. The summed E-state index contributed by atoms with van der Waals surface area (Å²) in [5, 5.41) is 14.0. The summed E-state index contributed by atoms with van der Waals surface area (Å²) < 4.78 is 16.4. The number of nitrogens with zero attached hydrogens (tertiary/aromatic N) is 5. The van der Waals surface area contributed by atoms with Gasteiger partial charge in [0.15, 0.2) is 11.6 Å². The fourth-order valence-electron chi connectivity index (χ4n) is 4.40. The van der Waals surface area contributed by atoms with E-state index in [0.717, 1.165) is 5.56 Å². The molecule has 3 heterocycles. The lowest BCUT2D eigenvalue weighted by atomic mass is 10.0. The quantitative estimate of drug-likeness (QED) is 0.337. The molecule has 0 bridgehead atoms. The summed E-state index contributed by atoms with van der Waals surface area (Å²) in [7, 11) is 6.41. The highest BCUT2D eigenvalue weighted by molar-refractivity contribution is 5.90. The molecule has 2 N–H and O–H groups in total. The van der Waals surface area contributed by atoms with Crippen molar-refractivity contribution >= 4 is 22.8 Å². The number of hydrogen-bond acceptors (Lipinski definition) is 10. The Balaban J connectivity index is 1.48. The van der Waals surface area contributed by atoms with Crippen LogP contribution in [0, 0.1) is 11.8 Å². The average molecular weight is 541 g/mol. The van der Waals surface area contributed by atoms with Crippen molar-refractivity contribution in [3.63, 3.8) is 0 Å². The number of carbonyl (C=O) groups is 1. The highest BCUT2D eigenvalue weighted by Gasteiger charge is 2.42. The summed E-state index contributed by atoms with van der Waals surface area (Å²) >= 11 is 0. The van der Waals surface area contributed by atoms with E-state index in [1.54, 1.807) is 52.8 Å². The molecule has 5 rings (SSSR count). The first kappa shape index (κ1) is 26.6. The lowest BCUT2D eigenvalue weighted by Gasteiger charge is -2.13. The second-order valence-corrected chi connectivity index (χ2v) is 9.18. The van der Waals surface area contributed by atoms with Crippen LogP contribution in [0.3, 0.4) is 0 Å². The zero-order valence-corrected chi connectivity index (χ0v) is 22.6. The molecule has 1 amide bonds. The highest BCUT2D eigenvalue weighted by atomic mass is 16.5. The smallest absolute Gasteiger partial charge is 0.267 e. The Morgan fingerprint density at radius 1 is 1.05 bits per heavy atom. The third-order valence-electron chi connectivity index (χ3n) is 6.68. The SMILES string of the molecule is COc1ccc(CNc2ncnc3cnc(-c4cc(C#CC5(O)CCN(C)C5=O)ccc4OC)nc23)c(OC)c1. The first-order valence-corrected chi connectivity index (χ1v) is 12.5. The fraction of sp³-hybridized carbons (Fsp3) is 0.276. The van der Waals surface area contributed by atoms with Crippen molar-refractivity contribution in [3.05, 3.63) is 60.0 Å². The number of ether oxygens (including phenoxy) is 3. The van der Waals surface area contributed by atoms with E-state index >= 15 is 0 Å². The molecule has 1 saturated heterocycles. The minimum Gasteiger partial charge on any atom is -0.497 e. The van der Waals surface area contributed by atoms with Gasteiger partial charge in [0.1, 0.15) is 34.6 Å². The number of hydrogen-bond donors (Lipinski definition) is 2. The number of aliphatic hydroxyl groups is 1. The maximum Gasteiger partial charge on any atom is 0.267 e. The Kier molecular flexibility index (Phi) is 7.35. The molecule has 204 valence electrons. The van der Waals surface area contributed by atoms with Gasteiger partial charge in [-0.15, -0.1) is 0 Å². The fourth-order valence-corrected chi connectivity index (χ4v) is 4.40. The van der Waals surface area contributed by atoms with Crippen LogP contribution < -0.4 is 19.5 Å². The molecule has 1 aliphatic heterocycles. The van der Waals surface area contributed by atoms with Crippen molar-refractivity contribution < 1.29 is 24.1 Å². The van der Waals surface area contributed by atoms with Crippen LogP contribution in [0.25, 0.3) is 22.4 Å². The van der Waals surface area contributed by atoms with E-state index in [1.165, 1.54) is 11.2 Å². The second kappa shape index (κ2) is 11.0. The van der Waals surface area contributed by atoms with Crippen LogP contribution in [-0.2, 0) is 11.3 Å². The first-order chi connectivity index (χ1) is 19.3. The number of fused-ring (bicyclic) bond motifs is 1. The number of benzene rings is 2. The summed E-state index contributed by atoms with van der Waals surface area (Å²) in [5.41, 5.74) is 1.45. The third-order valence-corrected chi connectivity index (χ3v) is 6.68. The van der Waals surface area contributed by atoms with Crippen LogP contribution in [0.5, 0.6) is 17.2 Å². The molecule has 11 heteroatoms.